The summed E-state index contributed by atoms with van der Waals surface area (Å²) < 4.78 is 181. The lowest BCUT2D eigenvalue weighted by atomic mass is 9.95. The van der Waals surface area contributed by atoms with Crippen LogP contribution in [-0.2, 0) is 9.47 Å². The van der Waals surface area contributed by atoms with E-state index in [2.05, 4.69) is 0 Å². The highest BCUT2D eigenvalue weighted by Gasteiger charge is 2.93. The molecule has 0 saturated carbocycles. The molecule has 0 fully saturated rings. The maximum atomic E-state index is 14.6. The minimum Gasteiger partial charge on any atom is -1.00 e. The van der Waals surface area contributed by atoms with Gasteiger partial charge in [-0.1, -0.05) is 0 Å². The molecule has 1 atom stereocenters. The molecule has 0 saturated heterocycles. The van der Waals surface area contributed by atoms with Crippen LogP contribution in [0.4, 0.5) is 57.1 Å². The second-order valence-corrected chi connectivity index (χ2v) is 6.57. The molecule has 0 bridgehead atoms. The van der Waals surface area contributed by atoms with Crippen molar-refractivity contribution in [3.63, 3.8) is 0 Å². The average molecular weight is 621 g/mol. The summed E-state index contributed by atoms with van der Waals surface area (Å²) in [5, 5.41) is 0. The van der Waals surface area contributed by atoms with Gasteiger partial charge >= 0.3 is 35.9 Å². The first kappa shape index (κ1) is 33.9. The molecule has 0 rings (SSSR count). The minimum atomic E-state index is -7.93. The van der Waals surface area contributed by atoms with Crippen molar-refractivity contribution in [1.29, 1.82) is 0 Å². The van der Waals surface area contributed by atoms with Gasteiger partial charge < -0.3 is 33.5 Å². The SMILES string of the molecule is CCOC(C[N+](C)(CC)C(F)(F)C(F)(F)C(F)(F)C(F)(F)C(F)(F)C(F)(F)F)OCC.[I-]. The van der Waals surface area contributed by atoms with Crippen molar-refractivity contribution in [3.8, 4) is 0 Å². The molecule has 1 unspecified atom stereocenters. The topological polar surface area (TPSA) is 18.5 Å². The van der Waals surface area contributed by atoms with Crippen LogP contribution < -0.4 is 24.0 Å². The van der Waals surface area contributed by atoms with Gasteiger partial charge in [0.1, 0.15) is 6.54 Å². The summed E-state index contributed by atoms with van der Waals surface area (Å²) in [6.07, 6.45) is -9.18. The number of hydrogen-bond acceptors (Lipinski definition) is 2. The van der Waals surface area contributed by atoms with E-state index in [0.29, 0.717) is 0 Å². The van der Waals surface area contributed by atoms with Crippen LogP contribution in [0.2, 0.25) is 0 Å². The lowest BCUT2D eigenvalue weighted by Gasteiger charge is -2.46. The van der Waals surface area contributed by atoms with Crippen LogP contribution in [0.1, 0.15) is 20.8 Å². The van der Waals surface area contributed by atoms with Gasteiger partial charge in [0, 0.05) is 13.2 Å². The molecule has 0 spiro atoms. The van der Waals surface area contributed by atoms with Gasteiger partial charge in [-0.2, -0.15) is 48.3 Å². The molecule has 17 heteroatoms. The molecule has 0 aromatic carbocycles. The number of nitrogens with zero attached hydrogens (tertiary/aromatic N) is 1. The Morgan fingerprint density at radius 3 is 1.25 bits per heavy atom. The summed E-state index contributed by atoms with van der Waals surface area (Å²) in [5.74, 6) is -30.9. The molecule has 0 amide bonds. The van der Waals surface area contributed by atoms with E-state index in [1.54, 1.807) is 0 Å². The van der Waals surface area contributed by atoms with Crippen LogP contribution in [0.5, 0.6) is 0 Å². The first-order valence-electron chi connectivity index (χ1n) is 8.59. The normalized spacial score (nSPS) is 16.7. The zero-order chi connectivity index (χ0) is 25.3. The summed E-state index contributed by atoms with van der Waals surface area (Å²) in [6.45, 7) is 0.310. The van der Waals surface area contributed by atoms with Crippen LogP contribution in [-0.4, -0.2) is 80.0 Å². The Balaban J connectivity index is 0. The smallest absolute Gasteiger partial charge is 0.461 e. The maximum Gasteiger partial charge on any atom is 0.461 e. The predicted octanol–water partition coefficient (Wildman–Crippen LogP) is 2.55. The number of rotatable bonds is 12. The van der Waals surface area contributed by atoms with E-state index >= 15 is 0 Å². The van der Waals surface area contributed by atoms with E-state index in [1.807, 2.05) is 0 Å². The number of quaternary nitrogens is 1. The number of likely N-dealkylation sites (N-methyl/N-ethyl adjacent to an activating group) is 1. The lowest BCUT2D eigenvalue weighted by Crippen LogP contribution is -3.00. The molecule has 3 nitrogen and oxygen atoms in total. The first-order chi connectivity index (χ1) is 13.6. The van der Waals surface area contributed by atoms with Gasteiger partial charge in [0.05, 0.1) is 13.6 Å². The minimum absolute atomic E-state index is 0. The fraction of sp³-hybridized carbons (Fsp3) is 1.00. The molecule has 0 aromatic rings. The molecule has 0 aliphatic rings. The van der Waals surface area contributed by atoms with Gasteiger partial charge in [-0.3, -0.25) is 4.48 Å². The van der Waals surface area contributed by atoms with Crippen molar-refractivity contribution < 1.29 is 95.0 Å². The highest BCUT2D eigenvalue weighted by molar-refractivity contribution is 5.08. The second kappa shape index (κ2) is 10.5. The molecule has 0 aromatic heterocycles. The first-order valence-corrected chi connectivity index (χ1v) is 8.59. The van der Waals surface area contributed by atoms with Crippen molar-refractivity contribution in [2.45, 2.75) is 63.0 Å². The van der Waals surface area contributed by atoms with Gasteiger partial charge in [-0.25, -0.2) is 0 Å². The Morgan fingerprint density at radius 2 is 0.969 bits per heavy atom. The molecule has 196 valence electrons. The van der Waals surface area contributed by atoms with E-state index in [4.69, 9.17) is 9.47 Å². The molecular formula is C15H21F13INO2. The molecule has 0 aliphatic carbocycles. The van der Waals surface area contributed by atoms with E-state index in [0.717, 1.165) is 6.92 Å². The largest absolute Gasteiger partial charge is 1.00 e. The van der Waals surface area contributed by atoms with Crippen LogP contribution in [0.3, 0.4) is 0 Å². The average Bonchev–Trinajstić information content (AvgIpc) is 2.60. The van der Waals surface area contributed by atoms with Gasteiger partial charge in [0.2, 0.25) is 6.29 Å². The monoisotopic (exact) mass is 621 g/mol. The van der Waals surface area contributed by atoms with Crippen molar-refractivity contribution in [2.24, 2.45) is 0 Å². The Kier molecular flexibility index (Phi) is 11.2. The molecular weight excluding hydrogens is 600 g/mol. The third-order valence-corrected chi connectivity index (χ3v) is 4.55. The summed E-state index contributed by atoms with van der Waals surface area (Å²) in [4.78, 5) is 0. The molecule has 0 heterocycles. The third kappa shape index (κ3) is 5.34. The van der Waals surface area contributed by atoms with Crippen LogP contribution in [0.25, 0.3) is 0 Å². The summed E-state index contributed by atoms with van der Waals surface area (Å²) in [7, 11) is 0.176. The van der Waals surface area contributed by atoms with Crippen LogP contribution in [0.15, 0.2) is 0 Å². The number of ether oxygens (including phenoxy) is 2. The van der Waals surface area contributed by atoms with Gasteiger partial charge in [0.25, 0.3) is 0 Å². The fourth-order valence-electron chi connectivity index (χ4n) is 2.40. The van der Waals surface area contributed by atoms with E-state index < -0.39 is 59.8 Å². The van der Waals surface area contributed by atoms with Crippen molar-refractivity contribution in [1.82, 2.24) is 0 Å². The van der Waals surface area contributed by atoms with Gasteiger partial charge in [-0.05, 0) is 20.8 Å². The number of halogens is 14. The predicted molar refractivity (Wildman–Crippen MR) is 79.4 cm³/mol. The highest BCUT2D eigenvalue weighted by atomic mass is 127. The zero-order valence-electron chi connectivity index (χ0n) is 17.0. The van der Waals surface area contributed by atoms with Crippen molar-refractivity contribution in [2.75, 3.05) is 33.4 Å². The van der Waals surface area contributed by atoms with Crippen LogP contribution in [0, 0.1) is 0 Å². The van der Waals surface area contributed by atoms with Crippen LogP contribution >= 0.6 is 0 Å². The van der Waals surface area contributed by atoms with Crippen molar-refractivity contribution in [3.05, 3.63) is 0 Å². The van der Waals surface area contributed by atoms with Gasteiger partial charge in [0.15, 0.2) is 0 Å². The van der Waals surface area contributed by atoms with E-state index in [-0.39, 0.29) is 44.2 Å². The molecule has 0 radical (unpaired) electrons. The maximum absolute atomic E-state index is 14.6. The molecule has 32 heavy (non-hydrogen) atoms. The fourth-order valence-corrected chi connectivity index (χ4v) is 2.40. The highest BCUT2D eigenvalue weighted by Crippen LogP contribution is 2.61. The lowest BCUT2D eigenvalue weighted by molar-refractivity contribution is -1.01. The Labute approximate surface area is 191 Å². The molecule has 0 aliphatic heterocycles. The summed E-state index contributed by atoms with van der Waals surface area (Å²) >= 11 is 0. The quantitative estimate of drug-likeness (QED) is 0.110. The standard InChI is InChI=1S/C15H21F13NO2.HI/c1-5-29(4,8-9(30-6-2)31-7-3)15(27,28)13(22,23)11(18,19)10(16,17)12(20,21)14(24,25)26;/h9H,5-8H2,1-4H3;1H/q+1;/p-1. The van der Waals surface area contributed by atoms with Gasteiger partial charge in [-0.15, -0.1) is 8.78 Å². The Hall–Kier alpha value is -0.300. The van der Waals surface area contributed by atoms with E-state index in [9.17, 15) is 57.1 Å². The summed E-state index contributed by atoms with van der Waals surface area (Å²) in [6, 6.07) is -6.27. The summed E-state index contributed by atoms with van der Waals surface area (Å²) in [5.41, 5.74) is 0. The second-order valence-electron chi connectivity index (χ2n) is 6.57. The number of hydrogen-bond donors (Lipinski definition) is 0. The molecule has 0 N–H and O–H groups in total. The Bertz CT molecular complexity index is 594. The van der Waals surface area contributed by atoms with Crippen molar-refractivity contribution >= 4 is 0 Å². The zero-order valence-corrected chi connectivity index (χ0v) is 19.1. The number of alkyl halides is 13. The van der Waals surface area contributed by atoms with E-state index in [1.165, 1.54) is 13.8 Å². The Morgan fingerprint density at radius 1 is 0.625 bits per heavy atom. The third-order valence-electron chi connectivity index (χ3n) is 4.55.